The first-order chi connectivity index (χ1) is 14.1. The minimum absolute atomic E-state index is 0.199. The molecule has 0 aliphatic carbocycles. The van der Waals surface area contributed by atoms with Gasteiger partial charge >= 0.3 is 6.18 Å². The molecule has 0 bridgehead atoms. The number of aliphatic hydroxyl groups excluding tert-OH is 1. The number of fused-ring (bicyclic) bond motifs is 1. The normalized spacial score (nSPS) is 15.9. The zero-order valence-corrected chi connectivity index (χ0v) is 17.0. The van der Waals surface area contributed by atoms with Crippen LogP contribution < -0.4 is 10.2 Å². The van der Waals surface area contributed by atoms with Gasteiger partial charge in [0.25, 0.3) is 0 Å². The molecule has 1 aromatic heterocycles. The van der Waals surface area contributed by atoms with Gasteiger partial charge in [-0.3, -0.25) is 0 Å². The molecule has 0 unspecified atom stereocenters. The van der Waals surface area contributed by atoms with Gasteiger partial charge in [0, 0.05) is 29.5 Å². The summed E-state index contributed by atoms with van der Waals surface area (Å²) in [6.45, 7) is 6.32. The maximum atomic E-state index is 13.3. The predicted molar refractivity (Wildman–Crippen MR) is 111 cm³/mol. The number of nitrogens with zero attached hydrogens (tertiary/aromatic N) is 3. The molecule has 30 heavy (non-hydrogen) atoms. The number of benzene rings is 2. The molecular formula is C22H23F3N4O. The highest BCUT2D eigenvalue weighted by molar-refractivity contribution is 5.95. The fourth-order valence-corrected chi connectivity index (χ4v) is 3.96. The molecule has 0 amide bonds. The molecule has 0 spiro atoms. The number of halogens is 3. The van der Waals surface area contributed by atoms with Crippen LogP contribution in [0.2, 0.25) is 0 Å². The van der Waals surface area contributed by atoms with E-state index >= 15 is 0 Å². The Morgan fingerprint density at radius 3 is 2.50 bits per heavy atom. The standard InChI is InChI=1S/C22H23F3N4O/c1-12-17(5-4-6-20(12)22(23,24)25)13(2)26-21-19-9-15(29-10-16(30)11-29)7-8-18(19)14(3)27-28-21/h4-9,13,16,30H,10-11H2,1-3H3,(H,26,28)/t13-/m1/s1. The largest absolute Gasteiger partial charge is 0.416 e. The summed E-state index contributed by atoms with van der Waals surface area (Å²) in [5.41, 5.74) is 1.86. The van der Waals surface area contributed by atoms with Crippen LogP contribution in [-0.2, 0) is 6.18 Å². The molecule has 0 radical (unpaired) electrons. The van der Waals surface area contributed by atoms with Crippen LogP contribution in [-0.4, -0.2) is 34.5 Å². The number of aliphatic hydroxyl groups is 1. The Morgan fingerprint density at radius 1 is 1.10 bits per heavy atom. The van der Waals surface area contributed by atoms with Crippen LogP contribution in [0.4, 0.5) is 24.7 Å². The second-order valence-electron chi connectivity index (χ2n) is 7.81. The molecule has 8 heteroatoms. The summed E-state index contributed by atoms with van der Waals surface area (Å²) in [5.74, 6) is 0.517. The number of hydrogen-bond acceptors (Lipinski definition) is 5. The number of nitrogens with one attached hydrogen (secondary N) is 1. The van der Waals surface area contributed by atoms with E-state index in [2.05, 4.69) is 20.4 Å². The van der Waals surface area contributed by atoms with Gasteiger partial charge in [-0.15, -0.1) is 5.10 Å². The first-order valence-corrected chi connectivity index (χ1v) is 9.78. The highest BCUT2D eigenvalue weighted by Crippen LogP contribution is 2.36. The minimum Gasteiger partial charge on any atom is -0.389 e. The van der Waals surface area contributed by atoms with Gasteiger partial charge in [-0.25, -0.2) is 0 Å². The van der Waals surface area contributed by atoms with Gasteiger partial charge in [-0.2, -0.15) is 18.3 Å². The molecule has 2 N–H and O–H groups in total. The maximum absolute atomic E-state index is 13.3. The molecule has 1 saturated heterocycles. The van der Waals surface area contributed by atoms with Crippen molar-refractivity contribution in [3.63, 3.8) is 0 Å². The molecular weight excluding hydrogens is 393 g/mol. The molecule has 2 aromatic carbocycles. The van der Waals surface area contributed by atoms with E-state index in [4.69, 9.17) is 0 Å². The zero-order valence-electron chi connectivity index (χ0n) is 17.0. The monoisotopic (exact) mass is 416 g/mol. The van der Waals surface area contributed by atoms with Crippen molar-refractivity contribution in [3.05, 3.63) is 58.8 Å². The van der Waals surface area contributed by atoms with Crippen LogP contribution >= 0.6 is 0 Å². The summed E-state index contributed by atoms with van der Waals surface area (Å²) in [6.07, 6.45) is -4.72. The van der Waals surface area contributed by atoms with Crippen molar-refractivity contribution >= 4 is 22.3 Å². The van der Waals surface area contributed by atoms with Crippen LogP contribution in [0.5, 0.6) is 0 Å². The second kappa shape index (κ2) is 7.43. The molecule has 1 atom stereocenters. The lowest BCUT2D eigenvalue weighted by atomic mass is 9.97. The molecule has 3 aromatic rings. The summed E-state index contributed by atoms with van der Waals surface area (Å²) >= 11 is 0. The average Bonchev–Trinajstić information content (AvgIpc) is 2.66. The van der Waals surface area contributed by atoms with E-state index in [0.29, 0.717) is 24.5 Å². The lowest BCUT2D eigenvalue weighted by Gasteiger charge is -2.38. The van der Waals surface area contributed by atoms with Crippen molar-refractivity contribution in [2.24, 2.45) is 0 Å². The number of β-amino-alcohol motifs (C(OH)–C–C–N with tert-alkyl or cyclic N) is 1. The van der Waals surface area contributed by atoms with Crippen molar-refractivity contribution in [1.29, 1.82) is 0 Å². The third-order valence-corrected chi connectivity index (χ3v) is 5.68. The lowest BCUT2D eigenvalue weighted by molar-refractivity contribution is -0.138. The number of hydrogen-bond donors (Lipinski definition) is 2. The van der Waals surface area contributed by atoms with Crippen molar-refractivity contribution in [1.82, 2.24) is 10.2 Å². The van der Waals surface area contributed by atoms with Crippen LogP contribution in [0.1, 0.15) is 35.3 Å². The highest BCUT2D eigenvalue weighted by Gasteiger charge is 2.33. The van der Waals surface area contributed by atoms with Gasteiger partial charge in [-0.1, -0.05) is 18.2 Å². The van der Waals surface area contributed by atoms with E-state index in [-0.39, 0.29) is 11.7 Å². The fourth-order valence-electron chi connectivity index (χ4n) is 3.96. The predicted octanol–water partition coefficient (Wildman–Crippen LogP) is 4.62. The fraction of sp³-hybridized carbons (Fsp3) is 0.364. The van der Waals surface area contributed by atoms with Gasteiger partial charge in [0.1, 0.15) is 0 Å². The summed E-state index contributed by atoms with van der Waals surface area (Å²) in [5, 5.41) is 23.1. The Hall–Kier alpha value is -2.87. The van der Waals surface area contributed by atoms with E-state index in [0.717, 1.165) is 28.2 Å². The molecule has 1 fully saturated rings. The van der Waals surface area contributed by atoms with Crippen LogP contribution in [0.25, 0.3) is 10.8 Å². The SMILES string of the molecule is Cc1c([C@@H](C)Nc2nnc(C)c3ccc(N4CC(O)C4)cc23)cccc1C(F)(F)F. The topological polar surface area (TPSA) is 61.3 Å². The van der Waals surface area contributed by atoms with Crippen molar-refractivity contribution < 1.29 is 18.3 Å². The van der Waals surface area contributed by atoms with Crippen LogP contribution in [0.3, 0.4) is 0 Å². The number of rotatable bonds is 4. The molecule has 0 saturated carbocycles. The van der Waals surface area contributed by atoms with Gasteiger partial charge < -0.3 is 15.3 Å². The summed E-state index contributed by atoms with van der Waals surface area (Å²) in [4.78, 5) is 2.06. The van der Waals surface area contributed by atoms with Gasteiger partial charge in [0.15, 0.2) is 5.82 Å². The molecule has 1 aliphatic heterocycles. The van der Waals surface area contributed by atoms with Gasteiger partial charge in [0.2, 0.25) is 0 Å². The first kappa shape index (κ1) is 20.4. The highest BCUT2D eigenvalue weighted by atomic mass is 19.4. The van der Waals surface area contributed by atoms with Crippen molar-refractivity contribution in [2.75, 3.05) is 23.3 Å². The number of anilines is 2. The Labute approximate surface area is 172 Å². The average molecular weight is 416 g/mol. The van der Waals surface area contributed by atoms with E-state index in [1.165, 1.54) is 13.0 Å². The van der Waals surface area contributed by atoms with E-state index in [9.17, 15) is 18.3 Å². The number of aromatic nitrogens is 2. The minimum atomic E-state index is -4.40. The molecule has 158 valence electrons. The van der Waals surface area contributed by atoms with Gasteiger partial charge in [0.05, 0.1) is 23.4 Å². The Balaban J connectivity index is 1.70. The van der Waals surface area contributed by atoms with E-state index < -0.39 is 17.8 Å². The van der Waals surface area contributed by atoms with Crippen molar-refractivity contribution in [2.45, 2.75) is 39.1 Å². The molecule has 4 rings (SSSR count). The third-order valence-electron chi connectivity index (χ3n) is 5.68. The number of alkyl halides is 3. The Kier molecular flexibility index (Phi) is 5.05. The maximum Gasteiger partial charge on any atom is 0.416 e. The zero-order chi connectivity index (χ0) is 21.6. The summed E-state index contributed by atoms with van der Waals surface area (Å²) in [6, 6.07) is 9.74. The Morgan fingerprint density at radius 2 is 1.83 bits per heavy atom. The van der Waals surface area contributed by atoms with Crippen LogP contribution in [0.15, 0.2) is 36.4 Å². The molecule has 5 nitrogen and oxygen atoms in total. The Bertz CT molecular complexity index is 1090. The van der Waals surface area contributed by atoms with Crippen molar-refractivity contribution in [3.8, 4) is 0 Å². The van der Waals surface area contributed by atoms with Crippen LogP contribution in [0, 0.1) is 13.8 Å². The number of aryl methyl sites for hydroxylation is 1. The lowest BCUT2D eigenvalue weighted by Crippen LogP contribution is -2.50. The van der Waals surface area contributed by atoms with E-state index in [1.807, 2.05) is 32.0 Å². The molecule has 2 heterocycles. The quantitative estimate of drug-likeness (QED) is 0.650. The summed E-state index contributed by atoms with van der Waals surface area (Å²) < 4.78 is 39.9. The first-order valence-electron chi connectivity index (χ1n) is 9.78. The summed E-state index contributed by atoms with van der Waals surface area (Å²) in [7, 11) is 0. The van der Waals surface area contributed by atoms with E-state index in [1.54, 1.807) is 6.07 Å². The smallest absolute Gasteiger partial charge is 0.389 e. The van der Waals surface area contributed by atoms with Gasteiger partial charge in [-0.05, 0) is 50.1 Å². The second-order valence-corrected chi connectivity index (χ2v) is 7.81. The third kappa shape index (κ3) is 3.67. The molecule has 1 aliphatic rings.